The van der Waals surface area contributed by atoms with Gasteiger partial charge in [-0.05, 0) is 52.8 Å². The lowest BCUT2D eigenvalue weighted by atomic mass is 9.97. The lowest BCUT2D eigenvalue weighted by Gasteiger charge is -2.43. The van der Waals surface area contributed by atoms with Gasteiger partial charge in [0.05, 0.1) is 19.4 Å². The van der Waals surface area contributed by atoms with Crippen LogP contribution in [0.1, 0.15) is 64.2 Å². The molecule has 0 saturated carbocycles. The number of nitrogens with one attached hydrogen (secondary N) is 3. The molecule has 3 amide bonds. The highest BCUT2D eigenvalue weighted by Gasteiger charge is 2.56. The van der Waals surface area contributed by atoms with Gasteiger partial charge < -0.3 is 54.2 Å². The highest BCUT2D eigenvalue weighted by molar-refractivity contribution is 5.99. The predicted molar refractivity (Wildman–Crippen MR) is 213 cm³/mol. The number of aliphatic hydroxyl groups is 1. The molecule has 2 unspecified atom stereocenters. The first kappa shape index (κ1) is 45.6. The van der Waals surface area contributed by atoms with Gasteiger partial charge in [0.15, 0.2) is 18.3 Å². The third-order valence-corrected chi connectivity index (χ3v) is 9.88. The molecule has 4 N–H and O–H groups in total. The summed E-state index contributed by atoms with van der Waals surface area (Å²) in [6, 6.07) is 17.6. The summed E-state index contributed by atoms with van der Waals surface area (Å²) in [5, 5.41) is 17.8. The molecule has 0 bridgehead atoms. The van der Waals surface area contributed by atoms with Gasteiger partial charge in [0, 0.05) is 26.7 Å². The van der Waals surface area contributed by atoms with Gasteiger partial charge in [-0.2, -0.15) is 0 Å². The molecule has 5 rings (SSSR count). The third-order valence-electron chi connectivity index (χ3n) is 9.88. The number of amides is 3. The molecule has 1 heterocycles. The Morgan fingerprint density at radius 1 is 0.738 bits per heavy atom. The molecule has 2 aliphatic rings. The lowest BCUT2D eigenvalue weighted by Crippen LogP contribution is -2.64. The second-order valence-electron chi connectivity index (χ2n) is 14.7. The average molecular weight is 848 g/mol. The number of ether oxygens (including phenoxy) is 7. The summed E-state index contributed by atoms with van der Waals surface area (Å²) in [7, 11) is 1.03. The molecule has 326 valence electrons. The van der Waals surface area contributed by atoms with Crippen LogP contribution in [0, 0.1) is 5.92 Å². The van der Waals surface area contributed by atoms with E-state index in [1.807, 2.05) is 48.5 Å². The zero-order valence-electron chi connectivity index (χ0n) is 34.6. The largest absolute Gasteiger partial charge is 0.467 e. The molecule has 61 heavy (non-hydrogen) atoms. The Balaban J connectivity index is 1.30. The van der Waals surface area contributed by atoms with Crippen molar-refractivity contribution in [3.8, 4) is 16.9 Å². The number of anilines is 1. The molecule has 1 saturated heterocycles. The van der Waals surface area contributed by atoms with E-state index < -0.39 is 97.1 Å². The van der Waals surface area contributed by atoms with E-state index in [1.54, 1.807) is 13.8 Å². The molecule has 1 aliphatic heterocycles. The van der Waals surface area contributed by atoms with Gasteiger partial charge in [-0.15, -0.1) is 0 Å². The third kappa shape index (κ3) is 11.0. The van der Waals surface area contributed by atoms with E-state index >= 15 is 0 Å². The number of carbonyl (C=O) groups is 7. The van der Waals surface area contributed by atoms with Crippen molar-refractivity contribution in [2.24, 2.45) is 5.92 Å². The Morgan fingerprint density at radius 3 is 1.87 bits per heavy atom. The zero-order valence-corrected chi connectivity index (χ0v) is 34.6. The number of aliphatic hydroxyl groups excluding tert-OH is 1. The maximum atomic E-state index is 13.6. The minimum atomic E-state index is -1.78. The zero-order chi connectivity index (χ0) is 44.5. The predicted octanol–water partition coefficient (Wildman–Crippen LogP) is 3.26. The molecule has 18 heteroatoms. The topological polar surface area (TPSA) is 240 Å². The number of esters is 4. The molecule has 0 aromatic heterocycles. The van der Waals surface area contributed by atoms with Crippen molar-refractivity contribution in [1.82, 2.24) is 10.6 Å². The van der Waals surface area contributed by atoms with Crippen molar-refractivity contribution in [3.05, 3.63) is 83.4 Å². The molecule has 0 radical (unpaired) electrons. The maximum absolute atomic E-state index is 13.6. The summed E-state index contributed by atoms with van der Waals surface area (Å²) in [5.74, 6) is -5.99. The summed E-state index contributed by atoms with van der Waals surface area (Å²) in [5.41, 5.74) is 4.41. The van der Waals surface area contributed by atoms with Gasteiger partial charge in [0.25, 0.3) is 0 Å². The lowest BCUT2D eigenvalue weighted by molar-refractivity contribution is -0.282. The van der Waals surface area contributed by atoms with E-state index in [0.717, 1.165) is 50.1 Å². The van der Waals surface area contributed by atoms with Gasteiger partial charge in [0.2, 0.25) is 24.2 Å². The van der Waals surface area contributed by atoms with Crippen molar-refractivity contribution in [3.63, 3.8) is 0 Å². The van der Waals surface area contributed by atoms with Gasteiger partial charge in [-0.3, -0.25) is 24.0 Å². The smallest absolute Gasteiger partial charge is 0.407 e. The molecule has 3 aromatic carbocycles. The SMILES string of the molecule is COC(=O)[C@H]1O[C@@H](Oc2cc(CO)ccc2NC(=O)C(C)NC(=O)C(NC(=O)OCC2c3ccccc3-c3ccccc32)C(C)C)[C@H](OC(C)=O)[C@@H](OC(C)=O)[C@@H]1OC(C)=O. The minimum Gasteiger partial charge on any atom is -0.467 e. The van der Waals surface area contributed by atoms with Crippen LogP contribution in [-0.2, 0) is 63.8 Å². The number of hydrogen-bond acceptors (Lipinski definition) is 15. The van der Waals surface area contributed by atoms with Crippen LogP contribution in [-0.4, -0.2) is 103 Å². The van der Waals surface area contributed by atoms with E-state index in [4.69, 9.17) is 33.2 Å². The average Bonchev–Trinajstić information content (AvgIpc) is 3.53. The van der Waals surface area contributed by atoms with Crippen molar-refractivity contribution in [2.45, 2.75) is 96.9 Å². The van der Waals surface area contributed by atoms with E-state index in [2.05, 4.69) is 16.0 Å². The summed E-state index contributed by atoms with van der Waals surface area (Å²) >= 11 is 0. The fourth-order valence-corrected chi connectivity index (χ4v) is 7.08. The summed E-state index contributed by atoms with van der Waals surface area (Å²) in [6.07, 6.45) is -9.33. The first-order chi connectivity index (χ1) is 29.0. The number of fused-ring (bicyclic) bond motifs is 3. The summed E-state index contributed by atoms with van der Waals surface area (Å²) in [6.45, 7) is 7.48. The van der Waals surface area contributed by atoms with Crippen molar-refractivity contribution in [2.75, 3.05) is 19.0 Å². The summed E-state index contributed by atoms with van der Waals surface area (Å²) < 4.78 is 38.5. The highest BCUT2D eigenvalue weighted by atomic mass is 16.7. The summed E-state index contributed by atoms with van der Waals surface area (Å²) in [4.78, 5) is 89.8. The van der Waals surface area contributed by atoms with Gasteiger partial charge in [0.1, 0.15) is 24.4 Å². The number of methoxy groups -OCH3 is 1. The fraction of sp³-hybridized carbons (Fsp3) is 0.419. The Kier molecular flexibility index (Phi) is 15.0. The minimum absolute atomic E-state index is 0.0264. The Hall–Kier alpha value is -6.53. The second kappa shape index (κ2) is 20.2. The molecule has 1 aliphatic carbocycles. The number of alkyl carbamates (subject to hydrolysis) is 1. The first-order valence-corrected chi connectivity index (χ1v) is 19.4. The second-order valence-corrected chi connectivity index (χ2v) is 14.7. The Morgan fingerprint density at radius 2 is 1.31 bits per heavy atom. The molecule has 18 nitrogen and oxygen atoms in total. The van der Waals surface area contributed by atoms with E-state index in [0.29, 0.717) is 0 Å². The van der Waals surface area contributed by atoms with Gasteiger partial charge in [-0.1, -0.05) is 68.4 Å². The quantitative estimate of drug-likeness (QED) is 0.127. The highest BCUT2D eigenvalue weighted by Crippen LogP contribution is 2.44. The van der Waals surface area contributed by atoms with Crippen LogP contribution in [0.25, 0.3) is 11.1 Å². The standard InChI is InChI=1S/C43H49N3O15/c1-21(2)34(46-43(54)56-20-31-29-14-10-8-12-27(29)28-13-9-11-15-30(28)31)40(52)44-22(3)39(51)45-32-17-16-26(19-47)18-33(32)60-42-38(59-25(6)50)36(58-24(5)49)35(57-23(4)48)37(61-42)41(53)55-7/h8-18,21-22,31,34-38,42,47H,19-20H2,1-7H3,(H,44,52)(H,45,51)(H,46,54)/t22?,34?,35-,36-,37-,38+,42+/m0/s1. The molecule has 0 spiro atoms. The molecule has 1 fully saturated rings. The van der Waals surface area contributed by atoms with E-state index in [-0.39, 0.29) is 29.5 Å². The van der Waals surface area contributed by atoms with Crippen LogP contribution < -0.4 is 20.7 Å². The number of benzene rings is 3. The molecule has 3 aromatic rings. The van der Waals surface area contributed by atoms with Crippen molar-refractivity contribution < 1.29 is 71.8 Å². The number of rotatable bonds is 15. The Labute approximate surface area is 351 Å². The van der Waals surface area contributed by atoms with Crippen molar-refractivity contribution >= 4 is 47.5 Å². The molecular formula is C43H49N3O15. The van der Waals surface area contributed by atoms with Crippen molar-refractivity contribution in [1.29, 1.82) is 0 Å². The fourth-order valence-electron chi connectivity index (χ4n) is 7.08. The molecular weight excluding hydrogens is 798 g/mol. The van der Waals surface area contributed by atoms with Crippen LogP contribution in [0.15, 0.2) is 66.7 Å². The monoisotopic (exact) mass is 847 g/mol. The van der Waals surface area contributed by atoms with E-state index in [1.165, 1.54) is 25.1 Å². The number of carbonyl (C=O) groups excluding carboxylic acids is 7. The van der Waals surface area contributed by atoms with E-state index in [9.17, 15) is 38.7 Å². The number of hydrogen-bond donors (Lipinski definition) is 4. The van der Waals surface area contributed by atoms with Crippen LogP contribution in [0.5, 0.6) is 5.75 Å². The van der Waals surface area contributed by atoms with Gasteiger partial charge in [-0.25, -0.2) is 9.59 Å². The molecule has 7 atom stereocenters. The maximum Gasteiger partial charge on any atom is 0.407 e. The van der Waals surface area contributed by atoms with Gasteiger partial charge >= 0.3 is 30.0 Å². The normalized spacial score (nSPS) is 20.1. The van der Waals surface area contributed by atoms with Crippen LogP contribution in [0.4, 0.5) is 10.5 Å². The van der Waals surface area contributed by atoms with Crippen LogP contribution in [0.3, 0.4) is 0 Å². The first-order valence-electron chi connectivity index (χ1n) is 19.4. The van der Waals surface area contributed by atoms with Crippen LogP contribution in [0.2, 0.25) is 0 Å². The van der Waals surface area contributed by atoms with Crippen LogP contribution >= 0.6 is 0 Å². The Bertz CT molecular complexity index is 2100.